The van der Waals surface area contributed by atoms with Crippen LogP contribution in [0.2, 0.25) is 0 Å². The standard InChI is InChI=1S/C54H107NO5/c1-3-5-7-9-11-13-15-17-19-20-22-26-30-34-38-42-46-52(57)51(50-56)55-53(58)47-43-39-35-31-27-23-21-25-29-33-37-41-45-49-60-54(59)48-44-40-36-32-28-24-18-16-14-12-10-8-6-4-2/h51-52,56-57H,3-50H2,1-2H3,(H,55,58). The molecule has 0 radical (unpaired) electrons. The molecule has 0 saturated heterocycles. The molecule has 0 bridgehead atoms. The first-order chi connectivity index (χ1) is 29.5. The Morgan fingerprint density at radius 3 is 1.02 bits per heavy atom. The summed E-state index contributed by atoms with van der Waals surface area (Å²) >= 11 is 0. The van der Waals surface area contributed by atoms with Crippen LogP contribution >= 0.6 is 0 Å². The number of esters is 1. The molecule has 2 atom stereocenters. The van der Waals surface area contributed by atoms with Gasteiger partial charge in [-0.15, -0.1) is 0 Å². The number of ether oxygens (including phenoxy) is 1. The van der Waals surface area contributed by atoms with Crippen LogP contribution in [0.4, 0.5) is 0 Å². The van der Waals surface area contributed by atoms with Gasteiger partial charge in [-0.1, -0.05) is 271 Å². The molecule has 0 fully saturated rings. The topological polar surface area (TPSA) is 95.9 Å². The first-order valence-electron chi connectivity index (χ1n) is 27.3. The highest BCUT2D eigenvalue weighted by Crippen LogP contribution is 2.17. The Morgan fingerprint density at radius 1 is 0.400 bits per heavy atom. The van der Waals surface area contributed by atoms with E-state index in [9.17, 15) is 19.8 Å². The highest BCUT2D eigenvalue weighted by molar-refractivity contribution is 5.76. The fraction of sp³-hybridized carbons (Fsp3) is 0.963. The van der Waals surface area contributed by atoms with E-state index in [1.807, 2.05) is 0 Å². The van der Waals surface area contributed by atoms with Gasteiger partial charge in [-0.2, -0.15) is 0 Å². The monoisotopic (exact) mass is 850 g/mol. The summed E-state index contributed by atoms with van der Waals surface area (Å²) in [5.41, 5.74) is 0. The number of nitrogens with one attached hydrogen (secondary N) is 1. The summed E-state index contributed by atoms with van der Waals surface area (Å²) in [6.07, 6.45) is 56.4. The molecule has 0 aromatic heterocycles. The molecule has 0 aromatic carbocycles. The molecule has 0 aliphatic carbocycles. The number of hydrogen-bond acceptors (Lipinski definition) is 5. The minimum atomic E-state index is -0.671. The first-order valence-corrected chi connectivity index (χ1v) is 27.3. The highest BCUT2D eigenvalue weighted by Gasteiger charge is 2.20. The van der Waals surface area contributed by atoms with Gasteiger partial charge >= 0.3 is 5.97 Å². The number of carbonyl (C=O) groups is 2. The lowest BCUT2D eigenvalue weighted by Gasteiger charge is -2.22. The van der Waals surface area contributed by atoms with E-state index in [2.05, 4.69) is 19.2 Å². The Hall–Kier alpha value is -1.14. The van der Waals surface area contributed by atoms with Crippen LogP contribution in [0.3, 0.4) is 0 Å². The Labute approximate surface area is 375 Å². The maximum atomic E-state index is 12.5. The fourth-order valence-electron chi connectivity index (χ4n) is 8.70. The number of unbranched alkanes of at least 4 members (excludes halogenated alkanes) is 40. The lowest BCUT2D eigenvalue weighted by Crippen LogP contribution is -2.45. The first kappa shape index (κ1) is 58.9. The van der Waals surface area contributed by atoms with E-state index in [-0.39, 0.29) is 18.5 Å². The van der Waals surface area contributed by atoms with E-state index >= 15 is 0 Å². The molecule has 2 unspecified atom stereocenters. The molecule has 0 heterocycles. The van der Waals surface area contributed by atoms with Crippen LogP contribution < -0.4 is 5.32 Å². The molecular weight excluding hydrogens is 743 g/mol. The Morgan fingerprint density at radius 2 is 0.683 bits per heavy atom. The van der Waals surface area contributed by atoms with E-state index in [1.165, 1.54) is 225 Å². The molecule has 358 valence electrons. The van der Waals surface area contributed by atoms with Crippen LogP contribution in [0.15, 0.2) is 0 Å². The molecule has 6 heteroatoms. The van der Waals surface area contributed by atoms with Crippen molar-refractivity contribution in [1.29, 1.82) is 0 Å². The summed E-state index contributed by atoms with van der Waals surface area (Å²) in [5, 5.41) is 23.3. The third kappa shape index (κ3) is 46.4. The van der Waals surface area contributed by atoms with Crippen LogP contribution in [0.25, 0.3) is 0 Å². The normalized spacial score (nSPS) is 12.5. The summed E-state index contributed by atoms with van der Waals surface area (Å²) in [4.78, 5) is 24.5. The van der Waals surface area contributed by atoms with Gasteiger partial charge in [0.05, 0.1) is 25.4 Å². The van der Waals surface area contributed by atoms with E-state index < -0.39 is 12.1 Å². The smallest absolute Gasteiger partial charge is 0.305 e. The van der Waals surface area contributed by atoms with Crippen LogP contribution in [0, 0.1) is 0 Å². The molecule has 3 N–H and O–H groups in total. The second-order valence-corrected chi connectivity index (χ2v) is 18.9. The molecule has 0 aromatic rings. The van der Waals surface area contributed by atoms with E-state index in [4.69, 9.17) is 4.74 Å². The molecule has 0 saturated carbocycles. The number of carbonyl (C=O) groups excluding carboxylic acids is 2. The highest BCUT2D eigenvalue weighted by atomic mass is 16.5. The molecule has 1 amide bonds. The van der Waals surface area contributed by atoms with Gasteiger partial charge in [0.1, 0.15) is 0 Å². The molecule has 0 spiro atoms. The third-order valence-electron chi connectivity index (χ3n) is 12.9. The van der Waals surface area contributed by atoms with Crippen molar-refractivity contribution in [2.45, 2.75) is 321 Å². The summed E-state index contributed by atoms with van der Waals surface area (Å²) < 4.78 is 5.47. The van der Waals surface area contributed by atoms with Gasteiger partial charge in [-0.25, -0.2) is 0 Å². The summed E-state index contributed by atoms with van der Waals surface area (Å²) in [6, 6.07) is -0.549. The zero-order valence-electron chi connectivity index (χ0n) is 40.7. The van der Waals surface area contributed by atoms with Crippen molar-refractivity contribution in [2.75, 3.05) is 13.2 Å². The Kier molecular flexibility index (Phi) is 49.5. The van der Waals surface area contributed by atoms with Crippen LogP contribution in [0.5, 0.6) is 0 Å². The number of rotatable bonds is 51. The van der Waals surface area contributed by atoms with Crippen molar-refractivity contribution in [3.8, 4) is 0 Å². The van der Waals surface area contributed by atoms with Crippen molar-refractivity contribution in [3.63, 3.8) is 0 Å². The van der Waals surface area contributed by atoms with Gasteiger partial charge in [0.2, 0.25) is 5.91 Å². The number of hydrogen-bond donors (Lipinski definition) is 3. The third-order valence-corrected chi connectivity index (χ3v) is 12.9. The molecule has 6 nitrogen and oxygen atoms in total. The quantitative estimate of drug-likeness (QED) is 0.0418. The Balaban J connectivity index is 3.43. The molecule has 0 aliphatic rings. The number of aliphatic hydroxyl groups excluding tert-OH is 2. The lowest BCUT2D eigenvalue weighted by molar-refractivity contribution is -0.143. The van der Waals surface area contributed by atoms with Crippen LogP contribution in [-0.4, -0.2) is 47.4 Å². The van der Waals surface area contributed by atoms with Crippen molar-refractivity contribution >= 4 is 11.9 Å². The van der Waals surface area contributed by atoms with Crippen LogP contribution in [0.1, 0.15) is 309 Å². The van der Waals surface area contributed by atoms with E-state index in [0.29, 0.717) is 25.9 Å². The maximum absolute atomic E-state index is 12.5. The predicted molar refractivity (Wildman–Crippen MR) is 260 cm³/mol. The molecule has 60 heavy (non-hydrogen) atoms. The second-order valence-electron chi connectivity index (χ2n) is 18.9. The Bertz CT molecular complexity index is 852. The molecule has 0 rings (SSSR count). The zero-order valence-corrected chi connectivity index (χ0v) is 40.7. The fourth-order valence-corrected chi connectivity index (χ4v) is 8.70. The van der Waals surface area contributed by atoms with Gasteiger partial charge in [0.15, 0.2) is 0 Å². The second kappa shape index (κ2) is 50.5. The maximum Gasteiger partial charge on any atom is 0.305 e. The van der Waals surface area contributed by atoms with Crippen molar-refractivity contribution in [3.05, 3.63) is 0 Å². The minimum Gasteiger partial charge on any atom is -0.466 e. The van der Waals surface area contributed by atoms with Gasteiger partial charge < -0.3 is 20.3 Å². The van der Waals surface area contributed by atoms with Gasteiger partial charge in [0, 0.05) is 12.8 Å². The lowest BCUT2D eigenvalue weighted by atomic mass is 10.0. The van der Waals surface area contributed by atoms with Crippen molar-refractivity contribution in [1.82, 2.24) is 5.32 Å². The van der Waals surface area contributed by atoms with Gasteiger partial charge in [-0.3, -0.25) is 9.59 Å². The average molecular weight is 850 g/mol. The minimum absolute atomic E-state index is 0.00228. The predicted octanol–water partition coefficient (Wildman–Crippen LogP) is 16.4. The van der Waals surface area contributed by atoms with Crippen molar-refractivity contribution < 1.29 is 24.5 Å². The number of aliphatic hydroxyl groups is 2. The summed E-state index contributed by atoms with van der Waals surface area (Å²) in [6.45, 7) is 4.95. The van der Waals surface area contributed by atoms with Gasteiger partial charge in [-0.05, 0) is 25.7 Å². The zero-order chi connectivity index (χ0) is 43.7. The average Bonchev–Trinajstić information content (AvgIpc) is 3.25. The number of amides is 1. The van der Waals surface area contributed by atoms with Gasteiger partial charge in [0.25, 0.3) is 0 Å². The van der Waals surface area contributed by atoms with Crippen LogP contribution in [-0.2, 0) is 14.3 Å². The largest absolute Gasteiger partial charge is 0.466 e. The summed E-state index contributed by atoms with van der Waals surface area (Å²) in [5.74, 6) is -0.0472. The van der Waals surface area contributed by atoms with Crippen molar-refractivity contribution in [2.24, 2.45) is 0 Å². The molecule has 0 aliphatic heterocycles. The summed E-state index contributed by atoms with van der Waals surface area (Å²) in [7, 11) is 0. The van der Waals surface area contributed by atoms with E-state index in [1.54, 1.807) is 0 Å². The molecular formula is C54H107NO5. The van der Waals surface area contributed by atoms with E-state index in [0.717, 1.165) is 51.4 Å². The SMILES string of the molecule is CCCCCCCCCCCCCCCCCCC(O)C(CO)NC(=O)CCCCCCCCCCCCCCCOC(=O)CCCCCCCCCCCCCCCC.